The first kappa shape index (κ1) is 22.2. The van der Waals surface area contributed by atoms with Crippen LogP contribution in [0, 0.1) is 11.7 Å². The first-order chi connectivity index (χ1) is 17.1. The van der Waals surface area contributed by atoms with Crippen molar-refractivity contribution >= 4 is 12.0 Å². The van der Waals surface area contributed by atoms with E-state index in [9.17, 15) is 9.18 Å². The first-order valence-electron chi connectivity index (χ1n) is 12.9. The van der Waals surface area contributed by atoms with Crippen LogP contribution < -0.4 is 0 Å². The van der Waals surface area contributed by atoms with E-state index in [1.165, 1.54) is 16.7 Å². The van der Waals surface area contributed by atoms with E-state index in [1.54, 1.807) is 12.1 Å². The summed E-state index contributed by atoms with van der Waals surface area (Å²) in [5.41, 5.74) is 9.26. The molecule has 1 saturated carbocycles. The van der Waals surface area contributed by atoms with Crippen molar-refractivity contribution in [1.82, 2.24) is 4.98 Å². The maximum absolute atomic E-state index is 13.9. The van der Waals surface area contributed by atoms with Crippen LogP contribution >= 0.6 is 0 Å². The van der Waals surface area contributed by atoms with E-state index >= 15 is 0 Å². The average Bonchev–Trinajstić information content (AvgIpc) is 3.69. The Morgan fingerprint density at radius 3 is 2.63 bits per heavy atom. The molecule has 2 fully saturated rings. The van der Waals surface area contributed by atoms with Crippen molar-refractivity contribution in [2.45, 2.75) is 63.9 Å². The third kappa shape index (κ3) is 4.42. The van der Waals surface area contributed by atoms with E-state index in [0.29, 0.717) is 18.3 Å². The van der Waals surface area contributed by atoms with Gasteiger partial charge in [-0.25, -0.2) is 4.39 Å². The molecule has 0 spiro atoms. The molecule has 1 saturated heterocycles. The Labute approximate surface area is 206 Å². The highest BCUT2D eigenvalue weighted by Gasteiger charge is 2.32. The number of hydrogen-bond donors (Lipinski definition) is 0. The number of rotatable bonds is 4. The van der Waals surface area contributed by atoms with Crippen molar-refractivity contribution < 1.29 is 13.9 Å². The van der Waals surface area contributed by atoms with Crippen molar-refractivity contribution in [1.29, 1.82) is 0 Å². The van der Waals surface area contributed by atoms with Crippen molar-refractivity contribution in [3.05, 3.63) is 82.8 Å². The summed E-state index contributed by atoms with van der Waals surface area (Å²) in [5, 5.41) is 0. The number of cyclic esters (lactones) is 1. The van der Waals surface area contributed by atoms with Crippen molar-refractivity contribution in [3.8, 4) is 22.4 Å². The smallest absolute Gasteiger partial charge is 0.306 e. The van der Waals surface area contributed by atoms with Gasteiger partial charge in [-0.2, -0.15) is 0 Å². The number of pyridine rings is 1. The number of nitrogens with zero attached hydrogens (tertiary/aromatic N) is 1. The summed E-state index contributed by atoms with van der Waals surface area (Å²) in [4.78, 5) is 17.4. The fourth-order valence-corrected chi connectivity index (χ4v) is 5.68. The van der Waals surface area contributed by atoms with Gasteiger partial charge in [-0.05, 0) is 84.9 Å². The molecule has 3 aliphatic rings. The van der Waals surface area contributed by atoms with Crippen molar-refractivity contribution in [2.75, 3.05) is 0 Å². The average molecular weight is 468 g/mol. The minimum absolute atomic E-state index is 0.128. The van der Waals surface area contributed by atoms with Gasteiger partial charge < -0.3 is 4.74 Å². The zero-order valence-electron chi connectivity index (χ0n) is 20.1. The van der Waals surface area contributed by atoms with E-state index in [1.807, 2.05) is 18.2 Å². The molecule has 178 valence electrons. The number of benzene rings is 2. The molecule has 6 rings (SSSR count). The Bertz CT molecular complexity index is 1310. The van der Waals surface area contributed by atoms with Crippen molar-refractivity contribution in [3.63, 3.8) is 0 Å². The van der Waals surface area contributed by atoms with Gasteiger partial charge in [0.05, 0.1) is 11.4 Å². The summed E-state index contributed by atoms with van der Waals surface area (Å²) in [5.74, 6) is 0.382. The minimum Gasteiger partial charge on any atom is -0.458 e. The van der Waals surface area contributed by atoms with Gasteiger partial charge >= 0.3 is 5.97 Å². The highest BCUT2D eigenvalue weighted by atomic mass is 19.1. The van der Waals surface area contributed by atoms with E-state index in [2.05, 4.69) is 37.3 Å². The number of ether oxygens (including phenoxy) is 1. The molecular formula is C31H30FNO2. The Morgan fingerprint density at radius 1 is 1.06 bits per heavy atom. The summed E-state index contributed by atoms with van der Waals surface area (Å²) in [7, 11) is 0. The summed E-state index contributed by atoms with van der Waals surface area (Å²) in [6.07, 6.45) is 10.5. The summed E-state index contributed by atoms with van der Waals surface area (Å²) < 4.78 is 19.6. The van der Waals surface area contributed by atoms with Gasteiger partial charge in [0.15, 0.2) is 0 Å². The number of fused-ring (bicyclic) bond motifs is 3. The molecule has 2 aliphatic carbocycles. The van der Waals surface area contributed by atoms with Crippen LogP contribution in [0.3, 0.4) is 0 Å². The molecule has 3 nitrogen and oxygen atoms in total. The number of esters is 1. The second-order valence-corrected chi connectivity index (χ2v) is 10.3. The molecule has 0 bridgehead atoms. The molecule has 0 N–H and O–H groups in total. The molecule has 1 aromatic heterocycles. The maximum atomic E-state index is 13.9. The summed E-state index contributed by atoms with van der Waals surface area (Å²) >= 11 is 0. The van der Waals surface area contributed by atoms with Gasteiger partial charge in [0.2, 0.25) is 0 Å². The SMILES string of the molecule is C[C@H]1CC(=O)O[C@H](/C=C/c2c(C3CC3)nc3c(c2-c2ccc(F)cc2)CCCc2ccccc2-3)C1. The molecule has 2 aromatic carbocycles. The van der Waals surface area contributed by atoms with Gasteiger partial charge in [0.25, 0.3) is 0 Å². The number of aryl methyl sites for hydroxylation is 1. The number of halogens is 1. The van der Waals surface area contributed by atoms with Gasteiger partial charge in [-0.1, -0.05) is 49.4 Å². The Balaban J connectivity index is 1.56. The van der Waals surface area contributed by atoms with Gasteiger partial charge in [0, 0.05) is 23.5 Å². The number of aromatic nitrogens is 1. The summed E-state index contributed by atoms with van der Waals surface area (Å²) in [6, 6.07) is 15.5. The lowest BCUT2D eigenvalue weighted by atomic mass is 9.87. The topological polar surface area (TPSA) is 39.2 Å². The number of carbonyl (C=O) groups excluding carboxylic acids is 1. The van der Waals surface area contributed by atoms with Gasteiger partial charge in [-0.3, -0.25) is 9.78 Å². The zero-order chi connectivity index (χ0) is 23.9. The third-order valence-corrected chi connectivity index (χ3v) is 7.52. The minimum atomic E-state index is -0.234. The normalized spacial score (nSPS) is 21.8. The third-order valence-electron chi connectivity index (χ3n) is 7.52. The summed E-state index contributed by atoms with van der Waals surface area (Å²) in [6.45, 7) is 2.10. The molecule has 0 amide bonds. The monoisotopic (exact) mass is 467 g/mol. The molecule has 35 heavy (non-hydrogen) atoms. The van der Waals surface area contributed by atoms with Crippen molar-refractivity contribution in [2.24, 2.45) is 5.92 Å². The molecular weight excluding hydrogens is 437 g/mol. The molecule has 0 radical (unpaired) electrons. The van der Waals surface area contributed by atoms with E-state index < -0.39 is 0 Å². The zero-order valence-corrected chi connectivity index (χ0v) is 20.1. The maximum Gasteiger partial charge on any atom is 0.306 e. The van der Waals surface area contributed by atoms with E-state index in [0.717, 1.165) is 66.6 Å². The van der Waals surface area contributed by atoms with Crippen LogP contribution in [0.5, 0.6) is 0 Å². The standard InChI is InChI=1S/C31H30FNO2/c1-19-17-24(35-28(34)18-19)15-16-27-29(21-11-13-23(32)14-12-21)26-8-4-6-20-5-2-3-7-25(20)31(26)33-30(27)22-9-10-22/h2-3,5,7,11-16,19,22,24H,4,6,8-10,17-18H2,1H3/b16-15+/t19-,24-/m1/s1. The second kappa shape index (κ2) is 9.07. The lowest BCUT2D eigenvalue weighted by molar-refractivity contribution is -0.153. The molecule has 2 heterocycles. The lowest BCUT2D eigenvalue weighted by Crippen LogP contribution is -2.26. The second-order valence-electron chi connectivity index (χ2n) is 10.3. The molecule has 1 aliphatic heterocycles. The molecule has 2 atom stereocenters. The number of hydrogen-bond acceptors (Lipinski definition) is 3. The van der Waals surface area contributed by atoms with E-state index in [4.69, 9.17) is 9.72 Å². The van der Waals surface area contributed by atoms with Crippen LogP contribution in [-0.4, -0.2) is 17.1 Å². The quantitative estimate of drug-likeness (QED) is 0.379. The van der Waals surface area contributed by atoms with Crippen LogP contribution in [0.4, 0.5) is 4.39 Å². The largest absolute Gasteiger partial charge is 0.458 e. The van der Waals surface area contributed by atoms with E-state index in [-0.39, 0.29) is 17.9 Å². The predicted octanol–water partition coefficient (Wildman–Crippen LogP) is 7.28. The Kier molecular flexibility index (Phi) is 5.75. The Morgan fingerprint density at radius 2 is 1.86 bits per heavy atom. The molecule has 4 heteroatoms. The predicted molar refractivity (Wildman–Crippen MR) is 136 cm³/mol. The first-order valence-corrected chi connectivity index (χ1v) is 12.9. The van der Waals surface area contributed by atoms with Crippen LogP contribution in [0.2, 0.25) is 0 Å². The molecule has 0 unspecified atom stereocenters. The van der Waals surface area contributed by atoms with Crippen LogP contribution in [0.15, 0.2) is 54.6 Å². The molecule has 3 aromatic rings. The van der Waals surface area contributed by atoms with Crippen LogP contribution in [-0.2, 0) is 22.4 Å². The van der Waals surface area contributed by atoms with Gasteiger partial charge in [-0.15, -0.1) is 0 Å². The highest BCUT2D eigenvalue weighted by molar-refractivity contribution is 5.86. The van der Waals surface area contributed by atoms with Gasteiger partial charge in [0.1, 0.15) is 11.9 Å². The highest BCUT2D eigenvalue weighted by Crippen LogP contribution is 2.47. The van der Waals surface area contributed by atoms with Crippen LogP contribution in [0.25, 0.3) is 28.5 Å². The number of carbonyl (C=O) groups is 1. The lowest BCUT2D eigenvalue weighted by Gasteiger charge is -2.25. The fraction of sp³-hybridized carbons (Fsp3) is 0.355. The Hall–Kier alpha value is -3.27. The van der Waals surface area contributed by atoms with Crippen LogP contribution in [0.1, 0.15) is 67.3 Å². The fourth-order valence-electron chi connectivity index (χ4n) is 5.68.